The van der Waals surface area contributed by atoms with Crippen molar-refractivity contribution in [1.82, 2.24) is 5.43 Å². The van der Waals surface area contributed by atoms with Gasteiger partial charge in [0.25, 0.3) is 0 Å². The average molecular weight is 209 g/mol. The van der Waals surface area contributed by atoms with Crippen LogP contribution in [0.15, 0.2) is 29.6 Å². The maximum absolute atomic E-state index is 8.94. The molecule has 1 heterocycles. The van der Waals surface area contributed by atoms with E-state index in [0.29, 0.717) is 6.41 Å². The first-order valence-electron chi connectivity index (χ1n) is 3.91. The molecule has 5 heteroatoms. The zero-order valence-corrected chi connectivity index (χ0v) is 8.25. The highest BCUT2D eigenvalue weighted by atomic mass is 32.1. The number of rotatable bonds is 1. The summed E-state index contributed by atoms with van der Waals surface area (Å²) in [6.45, 7) is 0. The number of carbonyl (C=O) groups is 1. The number of benzene rings is 1. The summed E-state index contributed by atoms with van der Waals surface area (Å²) >= 11 is 1.69. The van der Waals surface area contributed by atoms with Gasteiger partial charge in [-0.15, -0.1) is 11.3 Å². The van der Waals surface area contributed by atoms with Gasteiger partial charge in [0, 0.05) is 15.5 Å². The van der Waals surface area contributed by atoms with Crippen molar-refractivity contribution in [3.05, 3.63) is 29.6 Å². The van der Waals surface area contributed by atoms with E-state index in [9.17, 15) is 0 Å². The molecule has 2 aromatic rings. The first-order valence-corrected chi connectivity index (χ1v) is 4.79. The van der Waals surface area contributed by atoms with Gasteiger partial charge in [0.15, 0.2) is 0 Å². The number of amides is 1. The smallest absolute Gasteiger partial charge is 0.221 e. The lowest BCUT2D eigenvalue weighted by atomic mass is 10.2. The number of thiophene rings is 1. The highest BCUT2D eigenvalue weighted by molar-refractivity contribution is 7.17. The van der Waals surface area contributed by atoms with Crippen molar-refractivity contribution < 1.29 is 4.79 Å². The third-order valence-corrected chi connectivity index (χ3v) is 2.56. The van der Waals surface area contributed by atoms with Gasteiger partial charge in [0.05, 0.1) is 5.69 Å². The summed E-state index contributed by atoms with van der Waals surface area (Å²) in [4.78, 5) is 8.94. The molecular formula is C9H11N3OS. The minimum atomic E-state index is 0.403. The van der Waals surface area contributed by atoms with Gasteiger partial charge in [-0.1, -0.05) is 18.2 Å². The van der Waals surface area contributed by atoms with Crippen molar-refractivity contribution in [3.63, 3.8) is 0 Å². The molecule has 5 N–H and O–H groups in total. The van der Waals surface area contributed by atoms with Crippen molar-refractivity contribution in [3.8, 4) is 0 Å². The van der Waals surface area contributed by atoms with Crippen LogP contribution >= 0.6 is 11.3 Å². The quantitative estimate of drug-likeness (QED) is 0.284. The topological polar surface area (TPSA) is 81.1 Å². The lowest BCUT2D eigenvalue weighted by Gasteiger charge is -1.87. The monoisotopic (exact) mass is 209 g/mol. The van der Waals surface area contributed by atoms with Crippen molar-refractivity contribution in [2.45, 2.75) is 0 Å². The molecule has 1 amide bonds. The fourth-order valence-electron chi connectivity index (χ4n) is 0.998. The van der Waals surface area contributed by atoms with Crippen LogP contribution in [0.3, 0.4) is 0 Å². The third-order valence-electron chi connectivity index (χ3n) is 1.58. The van der Waals surface area contributed by atoms with Crippen LogP contribution in [0.2, 0.25) is 0 Å². The molecule has 1 aromatic carbocycles. The van der Waals surface area contributed by atoms with Gasteiger partial charge < -0.3 is 5.73 Å². The Balaban J connectivity index is 0.000000213. The number of hydrazine groups is 1. The normalized spacial score (nSPS) is 8.93. The highest BCUT2D eigenvalue weighted by Crippen LogP contribution is 2.26. The minimum Gasteiger partial charge on any atom is -0.398 e. The van der Waals surface area contributed by atoms with Gasteiger partial charge in [0.2, 0.25) is 6.41 Å². The molecule has 2 rings (SSSR count). The molecule has 1 aromatic heterocycles. The molecule has 0 aliphatic rings. The first-order chi connectivity index (χ1) is 6.79. The predicted octanol–water partition coefficient (Wildman–Crippen LogP) is 1.09. The number of nitrogen functional groups attached to an aromatic ring is 1. The average Bonchev–Trinajstić information content (AvgIpc) is 2.62. The summed E-state index contributed by atoms with van der Waals surface area (Å²) in [5, 5.41) is 3.15. The summed E-state index contributed by atoms with van der Waals surface area (Å²) in [7, 11) is 0. The Kier molecular flexibility index (Phi) is 3.90. The molecule has 74 valence electrons. The van der Waals surface area contributed by atoms with Crippen LogP contribution in [0.5, 0.6) is 0 Å². The van der Waals surface area contributed by atoms with E-state index in [1.54, 1.807) is 16.8 Å². The Bertz CT molecular complexity index is 413. The van der Waals surface area contributed by atoms with Gasteiger partial charge >= 0.3 is 0 Å². The van der Waals surface area contributed by atoms with E-state index >= 15 is 0 Å². The molecule has 0 saturated carbocycles. The number of hydrogen-bond acceptors (Lipinski definition) is 4. The fraction of sp³-hybridized carbons (Fsp3) is 0. The minimum absolute atomic E-state index is 0.403. The fourth-order valence-corrected chi connectivity index (χ4v) is 1.85. The summed E-state index contributed by atoms with van der Waals surface area (Å²) in [5.74, 6) is 4.41. The van der Waals surface area contributed by atoms with Gasteiger partial charge in [-0.05, 0) is 6.07 Å². The van der Waals surface area contributed by atoms with Crippen LogP contribution in [-0.4, -0.2) is 6.41 Å². The Morgan fingerprint density at radius 3 is 2.57 bits per heavy atom. The molecule has 0 spiro atoms. The third kappa shape index (κ3) is 2.45. The summed E-state index contributed by atoms with van der Waals surface area (Å²) in [5.41, 5.74) is 8.33. The van der Waals surface area contributed by atoms with Gasteiger partial charge in [-0.2, -0.15) is 0 Å². The molecule has 0 saturated heterocycles. The van der Waals surface area contributed by atoms with E-state index in [-0.39, 0.29) is 0 Å². The van der Waals surface area contributed by atoms with Crippen molar-refractivity contribution in [2.75, 3.05) is 5.73 Å². The second-order valence-electron chi connectivity index (χ2n) is 2.47. The molecule has 0 bridgehead atoms. The predicted molar refractivity (Wildman–Crippen MR) is 59.6 cm³/mol. The number of nitrogens with one attached hydrogen (secondary N) is 1. The molecule has 4 nitrogen and oxygen atoms in total. The molecule has 0 radical (unpaired) electrons. The number of carbonyl (C=O) groups excluding carboxylic acids is 1. The van der Waals surface area contributed by atoms with Gasteiger partial charge in [-0.25, -0.2) is 5.84 Å². The number of fused-ring (bicyclic) bond motifs is 1. The summed E-state index contributed by atoms with van der Waals surface area (Å²) in [6.07, 6.45) is 0.403. The van der Waals surface area contributed by atoms with Gasteiger partial charge in [0.1, 0.15) is 0 Å². The van der Waals surface area contributed by atoms with E-state index in [2.05, 4.69) is 11.9 Å². The molecule has 0 aliphatic carbocycles. The highest BCUT2D eigenvalue weighted by Gasteiger charge is 1.96. The van der Waals surface area contributed by atoms with Crippen molar-refractivity contribution in [2.24, 2.45) is 5.84 Å². The van der Waals surface area contributed by atoms with Crippen LogP contribution in [0.1, 0.15) is 0 Å². The van der Waals surface area contributed by atoms with E-state index < -0.39 is 0 Å². The van der Waals surface area contributed by atoms with E-state index in [4.69, 9.17) is 10.5 Å². The number of nitrogens with two attached hydrogens (primary N) is 2. The Labute approximate surface area is 85.5 Å². The van der Waals surface area contributed by atoms with E-state index in [0.717, 1.165) is 5.69 Å². The maximum Gasteiger partial charge on any atom is 0.221 e. The summed E-state index contributed by atoms with van der Waals surface area (Å²) in [6, 6.07) is 8.15. The van der Waals surface area contributed by atoms with E-state index in [1.807, 2.05) is 23.6 Å². The van der Waals surface area contributed by atoms with Crippen LogP contribution in [0.4, 0.5) is 5.69 Å². The van der Waals surface area contributed by atoms with Gasteiger partial charge in [-0.3, -0.25) is 10.2 Å². The largest absolute Gasteiger partial charge is 0.398 e. The van der Waals surface area contributed by atoms with Crippen LogP contribution in [0.25, 0.3) is 10.1 Å². The second kappa shape index (κ2) is 5.21. The Morgan fingerprint density at radius 1 is 1.36 bits per heavy atom. The number of hydrogen-bond donors (Lipinski definition) is 3. The Morgan fingerprint density at radius 2 is 2.00 bits per heavy atom. The number of anilines is 1. The molecular weight excluding hydrogens is 198 g/mol. The van der Waals surface area contributed by atoms with Crippen LogP contribution in [-0.2, 0) is 4.79 Å². The molecule has 0 aliphatic heterocycles. The van der Waals surface area contributed by atoms with E-state index in [1.165, 1.54) is 10.1 Å². The molecule has 0 unspecified atom stereocenters. The summed E-state index contributed by atoms with van der Waals surface area (Å²) < 4.78 is 1.26. The standard InChI is InChI=1S/C8H7NS.CH4N2O/c9-7-5-10-8-4-2-1-3-6(7)8;2-3-1-4/h1-5H,9H2;1H,2H2,(H,3,4). The lowest BCUT2D eigenvalue weighted by molar-refractivity contribution is -0.109. The maximum atomic E-state index is 8.94. The molecule has 0 fully saturated rings. The van der Waals surface area contributed by atoms with Crippen LogP contribution < -0.4 is 17.0 Å². The SMILES string of the molecule is NNC=O.Nc1csc2ccccc12. The lowest BCUT2D eigenvalue weighted by Crippen LogP contribution is -2.18. The van der Waals surface area contributed by atoms with Crippen molar-refractivity contribution >= 4 is 33.5 Å². The van der Waals surface area contributed by atoms with Crippen molar-refractivity contribution in [1.29, 1.82) is 0 Å². The molecule has 0 atom stereocenters. The Hall–Kier alpha value is -1.59. The first kappa shape index (κ1) is 10.5. The zero-order valence-electron chi connectivity index (χ0n) is 7.44. The second-order valence-corrected chi connectivity index (χ2v) is 3.38. The zero-order chi connectivity index (χ0) is 10.4. The van der Waals surface area contributed by atoms with Crippen LogP contribution in [0, 0.1) is 0 Å². The molecule has 14 heavy (non-hydrogen) atoms.